The number of piperazine rings is 1. The molecule has 1 aliphatic rings. The van der Waals surface area contributed by atoms with Gasteiger partial charge in [-0.2, -0.15) is 10.1 Å². The molecule has 4 rings (SSSR count). The van der Waals surface area contributed by atoms with Crippen molar-refractivity contribution in [2.24, 2.45) is 7.05 Å². The molecule has 9 nitrogen and oxygen atoms in total. The molecule has 1 aromatic carbocycles. The maximum absolute atomic E-state index is 14.2. The van der Waals surface area contributed by atoms with Gasteiger partial charge in [-0.1, -0.05) is 0 Å². The van der Waals surface area contributed by atoms with Crippen LogP contribution in [-0.4, -0.2) is 50.9 Å². The smallest absolute Gasteiger partial charge is 0.275 e. The molecular formula is C16H15F2N7O2. The van der Waals surface area contributed by atoms with Gasteiger partial charge in [-0.05, 0) is 0 Å². The summed E-state index contributed by atoms with van der Waals surface area (Å²) in [5.74, 6) is -1.36. The van der Waals surface area contributed by atoms with E-state index >= 15 is 0 Å². The zero-order chi connectivity index (χ0) is 19.1. The SMILES string of the molecule is Cn1ncc2cnc(N3CCN(c4c(F)cc([N+](=O)[O-])cc4F)CC3)nc21. The number of hydrogen-bond acceptors (Lipinski definition) is 7. The van der Waals surface area contributed by atoms with Gasteiger partial charge in [0.15, 0.2) is 17.3 Å². The van der Waals surface area contributed by atoms with Crippen LogP contribution in [0.25, 0.3) is 11.0 Å². The standard InChI is InChI=1S/C16H15F2N7O2/c1-22-15-10(9-20-22)8-19-16(21-15)24-4-2-23(3-5-24)14-12(17)6-11(25(26)27)7-13(14)18/h6-9H,2-5H2,1H3. The number of benzene rings is 1. The minimum Gasteiger partial charge on any atom is -0.363 e. The molecule has 1 saturated heterocycles. The third kappa shape index (κ3) is 3.00. The molecule has 27 heavy (non-hydrogen) atoms. The van der Waals surface area contributed by atoms with E-state index in [2.05, 4.69) is 15.1 Å². The largest absolute Gasteiger partial charge is 0.363 e. The molecule has 0 atom stereocenters. The number of aryl methyl sites for hydroxylation is 1. The van der Waals surface area contributed by atoms with Crippen molar-refractivity contribution in [3.8, 4) is 0 Å². The van der Waals surface area contributed by atoms with Gasteiger partial charge in [-0.25, -0.2) is 13.8 Å². The van der Waals surface area contributed by atoms with Gasteiger partial charge in [0.25, 0.3) is 5.69 Å². The van der Waals surface area contributed by atoms with Gasteiger partial charge >= 0.3 is 0 Å². The highest BCUT2D eigenvalue weighted by molar-refractivity contribution is 5.74. The van der Waals surface area contributed by atoms with Crippen molar-refractivity contribution < 1.29 is 13.7 Å². The van der Waals surface area contributed by atoms with Crippen LogP contribution in [0.3, 0.4) is 0 Å². The number of anilines is 2. The first-order valence-electron chi connectivity index (χ1n) is 8.22. The van der Waals surface area contributed by atoms with Crippen LogP contribution in [0.1, 0.15) is 0 Å². The Bertz CT molecular complexity index is 1010. The summed E-state index contributed by atoms with van der Waals surface area (Å²) in [6, 6.07) is 1.48. The number of aromatic nitrogens is 4. The van der Waals surface area contributed by atoms with Crippen LogP contribution in [0.2, 0.25) is 0 Å². The first-order valence-corrected chi connectivity index (χ1v) is 8.22. The third-order valence-corrected chi connectivity index (χ3v) is 4.55. The van der Waals surface area contributed by atoms with E-state index in [0.29, 0.717) is 37.8 Å². The predicted octanol–water partition coefficient (Wildman–Crippen LogP) is 1.88. The fourth-order valence-electron chi connectivity index (χ4n) is 3.17. The highest BCUT2D eigenvalue weighted by atomic mass is 19.1. The average molecular weight is 375 g/mol. The lowest BCUT2D eigenvalue weighted by atomic mass is 10.2. The van der Waals surface area contributed by atoms with E-state index in [1.807, 2.05) is 4.90 Å². The van der Waals surface area contributed by atoms with Crippen LogP contribution >= 0.6 is 0 Å². The monoisotopic (exact) mass is 375 g/mol. The van der Waals surface area contributed by atoms with Crippen molar-refractivity contribution in [2.45, 2.75) is 0 Å². The molecule has 2 aromatic heterocycles. The number of halogens is 2. The summed E-state index contributed by atoms with van der Waals surface area (Å²) in [6.45, 7) is 1.58. The van der Waals surface area contributed by atoms with Crippen LogP contribution in [0.5, 0.6) is 0 Å². The van der Waals surface area contributed by atoms with Crippen LogP contribution in [-0.2, 0) is 7.05 Å². The topological polar surface area (TPSA) is 93.2 Å². The lowest BCUT2D eigenvalue weighted by Gasteiger charge is -2.36. The fourth-order valence-corrected chi connectivity index (χ4v) is 3.17. The van der Waals surface area contributed by atoms with Crippen molar-refractivity contribution in [1.29, 1.82) is 0 Å². The Morgan fingerprint density at radius 2 is 1.70 bits per heavy atom. The van der Waals surface area contributed by atoms with Gasteiger partial charge in [0.2, 0.25) is 5.95 Å². The number of non-ortho nitro benzene ring substituents is 1. The Balaban J connectivity index is 1.53. The molecule has 1 fully saturated rings. The molecule has 0 aliphatic carbocycles. The molecule has 0 amide bonds. The lowest BCUT2D eigenvalue weighted by molar-refractivity contribution is -0.385. The molecule has 140 valence electrons. The van der Waals surface area contributed by atoms with Crippen LogP contribution in [0.4, 0.5) is 26.1 Å². The number of rotatable bonds is 3. The Morgan fingerprint density at radius 3 is 2.33 bits per heavy atom. The fraction of sp³-hybridized carbons (Fsp3) is 0.312. The van der Waals surface area contributed by atoms with Gasteiger partial charge < -0.3 is 9.80 Å². The minimum atomic E-state index is -0.942. The summed E-state index contributed by atoms with van der Waals surface area (Å²) in [7, 11) is 1.79. The molecule has 0 radical (unpaired) electrons. The van der Waals surface area contributed by atoms with Crippen molar-refractivity contribution >= 4 is 28.4 Å². The Morgan fingerprint density at radius 1 is 1.07 bits per heavy atom. The molecule has 1 aliphatic heterocycles. The number of nitro benzene ring substituents is 1. The second-order valence-corrected chi connectivity index (χ2v) is 6.21. The maximum Gasteiger partial charge on any atom is 0.275 e. The summed E-state index contributed by atoms with van der Waals surface area (Å²) in [4.78, 5) is 22.2. The molecule has 3 aromatic rings. The van der Waals surface area contributed by atoms with Crippen molar-refractivity contribution in [1.82, 2.24) is 19.7 Å². The highest BCUT2D eigenvalue weighted by Crippen LogP contribution is 2.29. The van der Waals surface area contributed by atoms with E-state index in [1.165, 1.54) is 4.90 Å². The van der Waals surface area contributed by atoms with Crippen molar-refractivity contribution in [2.75, 3.05) is 36.0 Å². The highest BCUT2D eigenvalue weighted by Gasteiger charge is 2.26. The van der Waals surface area contributed by atoms with Gasteiger partial charge in [0.05, 0.1) is 28.6 Å². The number of nitro groups is 1. The molecular weight excluding hydrogens is 360 g/mol. The molecule has 0 N–H and O–H groups in total. The van der Waals surface area contributed by atoms with E-state index in [-0.39, 0.29) is 5.69 Å². The maximum atomic E-state index is 14.2. The number of fused-ring (bicyclic) bond motifs is 1. The Hall–Kier alpha value is -3.37. The molecule has 0 bridgehead atoms. The minimum absolute atomic E-state index is 0.247. The van der Waals surface area contributed by atoms with Crippen LogP contribution in [0.15, 0.2) is 24.5 Å². The van der Waals surface area contributed by atoms with Gasteiger partial charge in [0, 0.05) is 39.4 Å². The van der Waals surface area contributed by atoms with Crippen molar-refractivity contribution in [3.05, 3.63) is 46.3 Å². The number of hydrogen-bond donors (Lipinski definition) is 0. The number of nitrogens with zero attached hydrogens (tertiary/aromatic N) is 7. The zero-order valence-corrected chi connectivity index (χ0v) is 14.3. The normalized spacial score (nSPS) is 14.8. The van der Waals surface area contributed by atoms with E-state index in [9.17, 15) is 18.9 Å². The Labute approximate surface area is 152 Å². The second kappa shape index (κ2) is 6.41. The molecule has 0 spiro atoms. The first-order chi connectivity index (χ1) is 12.9. The third-order valence-electron chi connectivity index (χ3n) is 4.55. The van der Waals surface area contributed by atoms with Crippen LogP contribution in [0, 0.1) is 21.7 Å². The average Bonchev–Trinajstić information content (AvgIpc) is 3.02. The summed E-state index contributed by atoms with van der Waals surface area (Å²) in [5.41, 5.74) is -0.150. The van der Waals surface area contributed by atoms with Crippen LogP contribution < -0.4 is 9.80 Å². The second-order valence-electron chi connectivity index (χ2n) is 6.21. The summed E-state index contributed by atoms with van der Waals surface area (Å²) in [5, 5.41) is 15.7. The predicted molar refractivity (Wildman–Crippen MR) is 93.7 cm³/mol. The molecule has 3 heterocycles. The lowest BCUT2D eigenvalue weighted by Crippen LogP contribution is -2.47. The van der Waals surface area contributed by atoms with E-state index < -0.39 is 22.2 Å². The van der Waals surface area contributed by atoms with Gasteiger partial charge in [-0.3, -0.25) is 14.8 Å². The van der Waals surface area contributed by atoms with Gasteiger partial charge in [0.1, 0.15) is 5.69 Å². The summed E-state index contributed by atoms with van der Waals surface area (Å²) >= 11 is 0. The van der Waals surface area contributed by atoms with E-state index in [0.717, 1.165) is 17.5 Å². The van der Waals surface area contributed by atoms with Crippen molar-refractivity contribution in [3.63, 3.8) is 0 Å². The van der Waals surface area contributed by atoms with E-state index in [1.54, 1.807) is 24.1 Å². The molecule has 11 heteroatoms. The van der Waals surface area contributed by atoms with Gasteiger partial charge in [-0.15, -0.1) is 0 Å². The quantitative estimate of drug-likeness (QED) is 0.510. The summed E-state index contributed by atoms with van der Waals surface area (Å²) < 4.78 is 30.1. The Kier molecular flexibility index (Phi) is 4.05. The zero-order valence-electron chi connectivity index (χ0n) is 14.3. The molecule has 0 unspecified atom stereocenters. The molecule has 0 saturated carbocycles. The van der Waals surface area contributed by atoms with E-state index in [4.69, 9.17) is 0 Å². The summed E-state index contributed by atoms with van der Waals surface area (Å²) in [6.07, 6.45) is 3.36. The first kappa shape index (κ1) is 17.1.